The number of hydrogen-bond acceptors (Lipinski definition) is 2. The lowest BCUT2D eigenvalue weighted by Gasteiger charge is -2.39. The molecule has 0 radical (unpaired) electrons. The molecule has 11 rings (SSSR count). The normalized spacial score (nSPS) is 21.6. The van der Waals surface area contributed by atoms with E-state index in [-0.39, 0.29) is 0 Å². The SMILES string of the molecule is [2H]c1c([2H])c([2H])c2c(c1[2H])Oc1c([2H])c([2H])c(-c3c([2H])c([2H])c([2H])c([2H])c3-c3c([2H])c([2H])c([2H])c4oc5c6c([2H])c([2H])c([2H])c([2H])c6c([2H])c([2H])c5c34)c([2H])c1C21c2c([2H])c([2H])c([2H])c([2H])c2-c2c([2H])c([2H])c([2H])c([2H])c21. The van der Waals surface area contributed by atoms with Crippen molar-refractivity contribution < 1.29 is 47.5 Å². The van der Waals surface area contributed by atoms with Crippen LogP contribution in [0.1, 0.15) is 60.6 Å². The van der Waals surface area contributed by atoms with Gasteiger partial charge in [0.2, 0.25) is 0 Å². The summed E-state index contributed by atoms with van der Waals surface area (Å²) in [5.41, 5.74) is -12.2. The second-order valence-electron chi connectivity index (χ2n) is 11.0. The van der Waals surface area contributed by atoms with Gasteiger partial charge in [0.1, 0.15) is 22.7 Å². The van der Waals surface area contributed by atoms with E-state index in [9.17, 15) is 16.4 Å². The third-order valence-electron chi connectivity index (χ3n) is 8.70. The molecule has 2 aliphatic rings. The summed E-state index contributed by atoms with van der Waals surface area (Å²) in [7, 11) is 0. The van der Waals surface area contributed by atoms with Gasteiger partial charge in [0.15, 0.2) is 0 Å². The highest BCUT2D eigenvalue weighted by Gasteiger charge is 2.51. The predicted molar refractivity (Wildman–Crippen MR) is 199 cm³/mol. The van der Waals surface area contributed by atoms with Gasteiger partial charge in [-0.25, -0.2) is 0 Å². The summed E-state index contributed by atoms with van der Waals surface area (Å²) >= 11 is 0. The van der Waals surface area contributed by atoms with Gasteiger partial charge in [-0.1, -0.05) is 139 Å². The zero-order valence-corrected chi connectivity index (χ0v) is 24.3. The van der Waals surface area contributed by atoms with Crippen molar-refractivity contribution in [1.29, 1.82) is 0 Å². The van der Waals surface area contributed by atoms with E-state index in [1.165, 1.54) is 0 Å². The minimum absolute atomic E-state index is 0.478. The number of furan rings is 1. The predicted octanol–water partition coefficient (Wildman–Crippen LogP) is 12.5. The van der Waals surface area contributed by atoms with E-state index in [4.69, 9.17) is 31.1 Å². The molecule has 1 aliphatic heterocycles. The Labute approximate surface area is 322 Å². The molecule has 0 saturated heterocycles. The van der Waals surface area contributed by atoms with Gasteiger partial charge in [-0.15, -0.1) is 0 Å². The Hall–Kier alpha value is -6.38. The zero-order chi connectivity index (χ0) is 56.5. The Balaban J connectivity index is 1.41. The zero-order valence-electron chi connectivity index (χ0n) is 52.3. The quantitative estimate of drug-likeness (QED) is 0.185. The summed E-state index contributed by atoms with van der Waals surface area (Å²) in [6.07, 6.45) is 0. The van der Waals surface area contributed by atoms with Crippen LogP contribution in [-0.2, 0) is 5.41 Å². The van der Waals surface area contributed by atoms with E-state index in [2.05, 4.69) is 0 Å². The van der Waals surface area contributed by atoms with Gasteiger partial charge >= 0.3 is 0 Å². The van der Waals surface area contributed by atoms with Crippen molar-refractivity contribution >= 4 is 32.7 Å². The molecule has 0 saturated carbocycles. The van der Waals surface area contributed by atoms with Gasteiger partial charge in [-0.3, -0.25) is 0 Å². The topological polar surface area (TPSA) is 22.4 Å². The van der Waals surface area contributed by atoms with E-state index in [0.29, 0.717) is 0 Å². The minimum Gasteiger partial charge on any atom is -0.457 e. The molecule has 0 bridgehead atoms. The van der Waals surface area contributed by atoms with E-state index >= 15 is 0 Å². The maximum atomic E-state index is 10.4. The average molecular weight is 653 g/mol. The molecule has 2 nitrogen and oxygen atoms in total. The first-order chi connectivity index (χ1) is 36.0. The molecule has 0 unspecified atom stereocenters. The first kappa shape index (κ1) is 11.4. The van der Waals surface area contributed by atoms with Crippen LogP contribution in [0.4, 0.5) is 0 Å². The average Bonchev–Trinajstić information content (AvgIpc) is 4.18. The number of para-hydroxylation sites is 1. The van der Waals surface area contributed by atoms with Crippen molar-refractivity contribution in [3.8, 4) is 44.9 Å². The second kappa shape index (κ2) is 9.82. The number of benzene rings is 8. The highest BCUT2D eigenvalue weighted by atomic mass is 16.5. The van der Waals surface area contributed by atoms with Crippen molar-refractivity contribution in [3.05, 3.63) is 191 Å². The highest BCUT2D eigenvalue weighted by molar-refractivity contribution is 6.19. The molecule has 1 spiro atoms. The molecule has 0 fully saturated rings. The number of rotatable bonds is 2. The summed E-state index contributed by atoms with van der Waals surface area (Å²) in [5, 5.41) is -2.10. The van der Waals surface area contributed by atoms with Crippen molar-refractivity contribution in [2.45, 2.75) is 5.41 Å². The fraction of sp³-hybridized carbons (Fsp3) is 0.0213. The summed E-state index contributed by atoms with van der Waals surface area (Å²) < 4.78 is 268. The molecule has 0 N–H and O–H groups in total. The summed E-state index contributed by atoms with van der Waals surface area (Å²) in [4.78, 5) is 0. The highest BCUT2D eigenvalue weighted by Crippen LogP contribution is 2.62. The summed E-state index contributed by atoms with van der Waals surface area (Å²) in [6, 6.07) is -27.1. The summed E-state index contributed by atoms with van der Waals surface area (Å²) in [5.74, 6) is -1.79. The van der Waals surface area contributed by atoms with Gasteiger partial charge < -0.3 is 9.15 Å². The van der Waals surface area contributed by atoms with Crippen LogP contribution in [0.15, 0.2) is 174 Å². The van der Waals surface area contributed by atoms with Crippen LogP contribution in [0.5, 0.6) is 11.5 Å². The van der Waals surface area contributed by atoms with E-state index < -0.39 is 274 Å². The minimum atomic E-state index is -3.00. The van der Waals surface area contributed by atoms with Crippen LogP contribution in [0.25, 0.3) is 66.1 Å². The van der Waals surface area contributed by atoms with Crippen molar-refractivity contribution in [3.63, 3.8) is 0 Å². The lowest BCUT2D eigenvalue weighted by atomic mass is 9.65. The molecular weight excluding hydrogens is 597 g/mol. The maximum absolute atomic E-state index is 10.4. The van der Waals surface area contributed by atoms with Crippen LogP contribution in [0.2, 0.25) is 0 Å². The number of hydrogen-bond donors (Lipinski definition) is 0. The lowest BCUT2D eigenvalue weighted by molar-refractivity contribution is 0.436. The van der Waals surface area contributed by atoms with Gasteiger partial charge in [0, 0.05) is 27.3 Å². The van der Waals surface area contributed by atoms with Crippen molar-refractivity contribution in [2.75, 3.05) is 0 Å². The van der Waals surface area contributed by atoms with E-state index in [0.717, 1.165) is 0 Å². The van der Waals surface area contributed by atoms with E-state index in [1.54, 1.807) is 0 Å². The molecule has 2 heteroatoms. The van der Waals surface area contributed by atoms with Crippen molar-refractivity contribution in [2.24, 2.45) is 0 Å². The van der Waals surface area contributed by atoms with Gasteiger partial charge in [-0.05, 0) is 80.1 Å². The van der Waals surface area contributed by atoms with Crippen LogP contribution < -0.4 is 4.74 Å². The third-order valence-corrected chi connectivity index (χ3v) is 8.70. The van der Waals surface area contributed by atoms with Gasteiger partial charge in [0.05, 0.1) is 43.8 Å². The molecule has 1 aliphatic carbocycles. The Morgan fingerprint density at radius 1 is 0.429 bits per heavy atom. The number of fused-ring (bicyclic) bond motifs is 14. The van der Waals surface area contributed by atoms with E-state index in [1.807, 2.05) is 0 Å². The molecule has 9 aromatic rings. The molecule has 0 amide bonds. The molecule has 0 atom stereocenters. The Bertz CT molecular complexity index is 4340. The standard InChI is InChI=1S/C47H28O2/c1-2-14-32-29(12-1)24-26-37-45-36(18-11-23-44(45)49-46(32)37)33-15-4-3-13-31(33)30-25-27-43-41(28-30)47(40-21-9-10-22-42(40)48-43)38-19-7-5-16-34(38)35-17-6-8-20-39(35)47/h1-28H/i1D,2D,3D,4D,5D,6D,7D,8D,9D,10D,11D,12D,13D,14D,15D,16D,17D,18D,19D,20D,21D,22D,23D,24D,25D,26D,27D,28D. The first-order valence-corrected chi connectivity index (χ1v) is 14.6. The van der Waals surface area contributed by atoms with Crippen molar-refractivity contribution in [1.82, 2.24) is 0 Å². The Morgan fingerprint density at radius 3 is 1.88 bits per heavy atom. The number of ether oxygens (including phenoxy) is 1. The van der Waals surface area contributed by atoms with Crippen LogP contribution in [0, 0.1) is 0 Å². The van der Waals surface area contributed by atoms with Gasteiger partial charge in [0.25, 0.3) is 0 Å². The monoisotopic (exact) mass is 652 g/mol. The smallest absolute Gasteiger partial charge is 0.143 e. The molecular formula is C47H28O2. The third kappa shape index (κ3) is 3.50. The summed E-state index contributed by atoms with van der Waals surface area (Å²) in [6.45, 7) is 0. The molecule has 8 aromatic carbocycles. The molecule has 1 aromatic heterocycles. The lowest BCUT2D eigenvalue weighted by Crippen LogP contribution is -2.32. The Kier molecular flexibility index (Phi) is 2.28. The largest absolute Gasteiger partial charge is 0.457 e. The molecule has 228 valence electrons. The van der Waals surface area contributed by atoms with Crippen LogP contribution in [-0.4, -0.2) is 0 Å². The first-order valence-electron chi connectivity index (χ1n) is 28.6. The molecule has 49 heavy (non-hydrogen) atoms. The van der Waals surface area contributed by atoms with Crippen LogP contribution in [0.3, 0.4) is 0 Å². The fourth-order valence-corrected chi connectivity index (χ4v) is 6.76. The molecule has 2 heterocycles. The van der Waals surface area contributed by atoms with Crippen LogP contribution >= 0.6 is 0 Å². The van der Waals surface area contributed by atoms with Gasteiger partial charge in [-0.2, -0.15) is 0 Å². The maximum Gasteiger partial charge on any atom is 0.143 e. The Morgan fingerprint density at radius 2 is 1.06 bits per heavy atom. The second-order valence-corrected chi connectivity index (χ2v) is 11.0. The fourth-order valence-electron chi connectivity index (χ4n) is 6.76.